The van der Waals surface area contributed by atoms with Crippen molar-refractivity contribution < 1.29 is 22.7 Å². The van der Waals surface area contributed by atoms with Crippen molar-refractivity contribution in [3.63, 3.8) is 0 Å². The molecule has 2 atom stereocenters. The van der Waals surface area contributed by atoms with Crippen LogP contribution < -0.4 is 14.4 Å². The molecule has 10 heteroatoms. The summed E-state index contributed by atoms with van der Waals surface area (Å²) in [6.45, 7) is 3.40. The van der Waals surface area contributed by atoms with Gasteiger partial charge in [0.25, 0.3) is 10.0 Å². The van der Waals surface area contributed by atoms with E-state index in [0.717, 1.165) is 15.4 Å². The lowest BCUT2D eigenvalue weighted by molar-refractivity contribution is -0.140. The molecule has 0 unspecified atom stereocenters. The van der Waals surface area contributed by atoms with Crippen LogP contribution >= 0.6 is 11.6 Å². The van der Waals surface area contributed by atoms with E-state index in [4.69, 9.17) is 16.3 Å². The maximum absolute atomic E-state index is 14.5. The van der Waals surface area contributed by atoms with E-state index in [1.165, 1.54) is 30.2 Å². The van der Waals surface area contributed by atoms with Crippen LogP contribution in [0.3, 0.4) is 0 Å². The van der Waals surface area contributed by atoms with Crippen molar-refractivity contribution >= 4 is 39.1 Å². The maximum atomic E-state index is 14.5. The summed E-state index contributed by atoms with van der Waals surface area (Å²) in [5.74, 6) is -0.370. The van der Waals surface area contributed by atoms with Crippen LogP contribution in [0.25, 0.3) is 0 Å². The molecule has 236 valence electrons. The molecule has 0 saturated heterocycles. The minimum Gasteiger partial charge on any atom is -0.497 e. The molecule has 0 aliphatic carbocycles. The van der Waals surface area contributed by atoms with Gasteiger partial charge in [-0.2, -0.15) is 0 Å². The Morgan fingerprint density at radius 3 is 2.07 bits per heavy atom. The fraction of sp³-hybridized carbons (Fsp3) is 0.257. The number of halogens is 1. The lowest BCUT2D eigenvalue weighted by atomic mass is 10.0. The van der Waals surface area contributed by atoms with Crippen LogP contribution in [0, 0.1) is 0 Å². The van der Waals surface area contributed by atoms with Gasteiger partial charge < -0.3 is 15.0 Å². The Morgan fingerprint density at radius 2 is 1.49 bits per heavy atom. The Balaban J connectivity index is 1.79. The number of nitrogens with zero attached hydrogens (tertiary/aromatic N) is 2. The highest BCUT2D eigenvalue weighted by Gasteiger charge is 2.35. The zero-order valence-corrected chi connectivity index (χ0v) is 27.2. The van der Waals surface area contributed by atoms with Crippen LogP contribution in [0.5, 0.6) is 5.75 Å². The first-order valence-corrected chi connectivity index (χ1v) is 16.5. The number of anilines is 1. The van der Waals surface area contributed by atoms with Gasteiger partial charge in [0, 0.05) is 24.0 Å². The average Bonchev–Trinajstić information content (AvgIpc) is 3.05. The van der Waals surface area contributed by atoms with Gasteiger partial charge in [-0.3, -0.25) is 13.9 Å². The fourth-order valence-electron chi connectivity index (χ4n) is 4.81. The largest absolute Gasteiger partial charge is 0.497 e. The second-order valence-corrected chi connectivity index (χ2v) is 13.0. The van der Waals surface area contributed by atoms with Crippen molar-refractivity contribution in [3.8, 4) is 5.75 Å². The fourth-order valence-corrected chi connectivity index (χ4v) is 6.40. The molecule has 4 aromatic carbocycles. The maximum Gasteiger partial charge on any atom is 0.264 e. The van der Waals surface area contributed by atoms with Gasteiger partial charge in [0.2, 0.25) is 11.8 Å². The van der Waals surface area contributed by atoms with Gasteiger partial charge >= 0.3 is 0 Å². The number of sulfonamides is 1. The molecule has 0 spiro atoms. The highest BCUT2D eigenvalue weighted by molar-refractivity contribution is 7.92. The standard InChI is InChI=1S/C35H38ClN3O5S/c1-4-26(2)37-35(41)33(22-27-12-7-5-8-13-27)38(24-28-14-9-6-10-15-28)34(40)25-39(30-17-11-16-29(36)23-30)45(42,43)32-20-18-31(44-3)19-21-32/h5-21,23,26,33H,4,22,24-25H2,1-3H3,(H,37,41)/t26-,33+/m1/s1. The van der Waals surface area contributed by atoms with E-state index in [-0.39, 0.29) is 35.5 Å². The Hall–Kier alpha value is -4.34. The molecule has 0 bridgehead atoms. The van der Waals surface area contributed by atoms with Crippen molar-refractivity contribution in [2.45, 2.75) is 50.2 Å². The topological polar surface area (TPSA) is 96.0 Å². The molecule has 0 aliphatic rings. The quantitative estimate of drug-likeness (QED) is 0.179. The minimum absolute atomic E-state index is 0.0268. The highest BCUT2D eigenvalue weighted by atomic mass is 35.5. The number of hydrogen-bond donors (Lipinski definition) is 1. The SMILES string of the molecule is CC[C@@H](C)NC(=O)[C@H](Cc1ccccc1)N(Cc1ccccc1)C(=O)CN(c1cccc(Cl)c1)S(=O)(=O)c1ccc(OC)cc1. The normalized spacial score (nSPS) is 12.5. The number of ether oxygens (including phenoxy) is 1. The summed E-state index contributed by atoms with van der Waals surface area (Å²) in [5, 5.41) is 3.35. The molecule has 0 aromatic heterocycles. The third-order valence-corrected chi connectivity index (χ3v) is 9.51. The molecule has 8 nitrogen and oxygen atoms in total. The Morgan fingerprint density at radius 1 is 0.867 bits per heavy atom. The minimum atomic E-state index is -4.25. The highest BCUT2D eigenvalue weighted by Crippen LogP contribution is 2.28. The summed E-state index contributed by atoms with van der Waals surface area (Å²) in [5.41, 5.74) is 1.88. The zero-order valence-electron chi connectivity index (χ0n) is 25.6. The first kappa shape index (κ1) is 33.6. The van der Waals surface area contributed by atoms with Crippen LogP contribution in [0.4, 0.5) is 5.69 Å². The lowest BCUT2D eigenvalue weighted by Crippen LogP contribution is -2.54. The molecule has 4 aromatic rings. The Bertz CT molecular complexity index is 1670. The van der Waals surface area contributed by atoms with Crippen LogP contribution in [-0.4, -0.2) is 50.9 Å². The van der Waals surface area contributed by atoms with Gasteiger partial charge in [-0.15, -0.1) is 0 Å². The summed E-state index contributed by atoms with van der Waals surface area (Å²) in [7, 11) is -2.76. The van der Waals surface area contributed by atoms with E-state index in [9.17, 15) is 18.0 Å². The van der Waals surface area contributed by atoms with E-state index < -0.39 is 28.5 Å². The van der Waals surface area contributed by atoms with Crippen molar-refractivity contribution in [2.24, 2.45) is 0 Å². The summed E-state index contributed by atoms with van der Waals surface area (Å²) >= 11 is 6.29. The Kier molecular flexibility index (Phi) is 11.6. The van der Waals surface area contributed by atoms with Gasteiger partial charge in [0.15, 0.2) is 0 Å². The summed E-state index contributed by atoms with van der Waals surface area (Å²) in [6, 6.07) is 30.0. The third kappa shape index (κ3) is 8.86. The summed E-state index contributed by atoms with van der Waals surface area (Å²) < 4.78 is 34.5. The van der Waals surface area contributed by atoms with E-state index >= 15 is 0 Å². The van der Waals surface area contributed by atoms with Gasteiger partial charge in [-0.05, 0) is 66.9 Å². The number of carbonyl (C=O) groups is 2. The van der Waals surface area contributed by atoms with Gasteiger partial charge in [-0.25, -0.2) is 8.42 Å². The van der Waals surface area contributed by atoms with Crippen LogP contribution in [0.15, 0.2) is 114 Å². The van der Waals surface area contributed by atoms with Crippen LogP contribution in [0.1, 0.15) is 31.4 Å². The van der Waals surface area contributed by atoms with Crippen LogP contribution in [0.2, 0.25) is 5.02 Å². The number of carbonyl (C=O) groups excluding carboxylic acids is 2. The summed E-state index contributed by atoms with van der Waals surface area (Å²) in [4.78, 5) is 29.8. The molecule has 1 N–H and O–H groups in total. The third-order valence-electron chi connectivity index (χ3n) is 7.49. The van der Waals surface area contributed by atoms with Gasteiger partial charge in [0.05, 0.1) is 17.7 Å². The molecular weight excluding hydrogens is 610 g/mol. The zero-order chi connectivity index (χ0) is 32.4. The van der Waals surface area contributed by atoms with Crippen molar-refractivity contribution in [2.75, 3.05) is 18.0 Å². The number of nitrogens with one attached hydrogen (secondary N) is 1. The Labute approximate surface area is 270 Å². The molecule has 45 heavy (non-hydrogen) atoms. The van der Waals surface area contributed by atoms with E-state index in [0.29, 0.717) is 17.2 Å². The molecule has 0 aliphatic heterocycles. The molecule has 0 fully saturated rings. The van der Waals surface area contributed by atoms with E-state index in [2.05, 4.69) is 5.32 Å². The monoisotopic (exact) mass is 647 g/mol. The number of methoxy groups -OCH3 is 1. The lowest BCUT2D eigenvalue weighted by Gasteiger charge is -2.34. The number of rotatable bonds is 14. The molecule has 0 radical (unpaired) electrons. The molecule has 0 heterocycles. The second kappa shape index (κ2) is 15.6. The van der Waals surface area contributed by atoms with E-state index in [1.54, 1.807) is 30.3 Å². The number of amides is 2. The molecular formula is C35H38ClN3O5S. The first-order chi connectivity index (χ1) is 21.6. The van der Waals surface area contributed by atoms with Crippen molar-refractivity contribution in [1.82, 2.24) is 10.2 Å². The first-order valence-electron chi connectivity index (χ1n) is 14.7. The van der Waals surface area contributed by atoms with Crippen molar-refractivity contribution in [1.29, 1.82) is 0 Å². The van der Waals surface area contributed by atoms with E-state index in [1.807, 2.05) is 74.5 Å². The predicted octanol–water partition coefficient (Wildman–Crippen LogP) is 6.10. The predicted molar refractivity (Wildman–Crippen MR) is 178 cm³/mol. The number of benzene rings is 4. The number of hydrogen-bond acceptors (Lipinski definition) is 5. The van der Waals surface area contributed by atoms with Crippen molar-refractivity contribution in [3.05, 3.63) is 125 Å². The smallest absolute Gasteiger partial charge is 0.264 e. The molecule has 4 rings (SSSR count). The molecule has 0 saturated carbocycles. The van der Waals surface area contributed by atoms with Gasteiger partial charge in [0.1, 0.15) is 18.3 Å². The second-order valence-electron chi connectivity index (χ2n) is 10.7. The summed E-state index contributed by atoms with van der Waals surface area (Å²) in [6.07, 6.45) is 0.948. The van der Waals surface area contributed by atoms with Crippen LogP contribution in [-0.2, 0) is 32.6 Å². The molecule has 2 amide bonds. The average molecular weight is 648 g/mol. The van der Waals surface area contributed by atoms with Gasteiger partial charge in [-0.1, -0.05) is 85.3 Å².